The third-order valence-corrected chi connectivity index (χ3v) is 4.67. The molecule has 0 unspecified atom stereocenters. The highest BCUT2D eigenvalue weighted by Gasteiger charge is 2.23. The first kappa shape index (κ1) is 21.1. The molecule has 30 heavy (non-hydrogen) atoms. The second-order valence-electron chi connectivity index (χ2n) is 7.51. The summed E-state index contributed by atoms with van der Waals surface area (Å²) < 4.78 is 0. The third kappa shape index (κ3) is 5.47. The topological polar surface area (TPSA) is 107 Å². The van der Waals surface area contributed by atoms with E-state index < -0.39 is 17.9 Å². The first-order chi connectivity index (χ1) is 14.4. The number of imidazole rings is 1. The molecule has 0 saturated heterocycles. The Morgan fingerprint density at radius 3 is 2.53 bits per heavy atom. The highest BCUT2D eigenvalue weighted by Crippen LogP contribution is 2.27. The van der Waals surface area contributed by atoms with Crippen LogP contribution in [-0.4, -0.2) is 33.0 Å². The van der Waals surface area contributed by atoms with Gasteiger partial charge in [-0.15, -0.1) is 0 Å². The second-order valence-corrected chi connectivity index (χ2v) is 7.51. The van der Waals surface area contributed by atoms with Gasteiger partial charge in [-0.2, -0.15) is 0 Å². The van der Waals surface area contributed by atoms with E-state index in [0.717, 1.165) is 22.6 Å². The van der Waals surface area contributed by atoms with Crippen LogP contribution < -0.4 is 10.6 Å². The Morgan fingerprint density at radius 2 is 1.90 bits per heavy atom. The van der Waals surface area contributed by atoms with Crippen molar-refractivity contribution in [1.29, 1.82) is 0 Å². The van der Waals surface area contributed by atoms with Crippen LogP contribution in [0.1, 0.15) is 36.5 Å². The van der Waals surface area contributed by atoms with E-state index in [1.165, 1.54) is 0 Å². The molecule has 4 N–H and O–H groups in total. The molecule has 0 bridgehead atoms. The molecule has 2 aromatic carbocycles. The molecule has 7 heteroatoms. The average molecular weight is 406 g/mol. The van der Waals surface area contributed by atoms with Gasteiger partial charge in [0.15, 0.2) is 0 Å². The van der Waals surface area contributed by atoms with Crippen LogP contribution in [0.2, 0.25) is 0 Å². The molecule has 3 rings (SSSR count). The standard InChI is InChI=1S/C23H26N4O3/c1-15(2)12-20(23(29)30)27-22(28)18-9-8-17(26-14-21-24-10-11-25-21)13-19(18)16-6-4-3-5-7-16/h3-11,13,15,20,26H,12,14H2,1-2H3,(H,24,25)(H,27,28)(H,29,30)/t20-/m0/s1. The van der Waals surface area contributed by atoms with Crippen molar-refractivity contribution in [3.63, 3.8) is 0 Å². The summed E-state index contributed by atoms with van der Waals surface area (Å²) in [4.78, 5) is 31.8. The predicted molar refractivity (Wildman–Crippen MR) is 116 cm³/mol. The zero-order chi connectivity index (χ0) is 21.5. The summed E-state index contributed by atoms with van der Waals surface area (Å²) in [7, 11) is 0. The third-order valence-electron chi connectivity index (χ3n) is 4.67. The molecule has 3 aromatic rings. The monoisotopic (exact) mass is 406 g/mol. The molecular formula is C23H26N4O3. The Morgan fingerprint density at radius 1 is 1.13 bits per heavy atom. The Labute approximate surface area is 175 Å². The molecule has 7 nitrogen and oxygen atoms in total. The van der Waals surface area contributed by atoms with Gasteiger partial charge in [-0.05, 0) is 41.7 Å². The number of H-pyrrole nitrogens is 1. The summed E-state index contributed by atoms with van der Waals surface area (Å²) in [5.74, 6) is -0.487. The van der Waals surface area contributed by atoms with Crippen molar-refractivity contribution in [3.8, 4) is 11.1 Å². The molecule has 0 saturated carbocycles. The number of nitrogens with zero attached hydrogens (tertiary/aromatic N) is 1. The number of benzene rings is 2. The molecule has 1 amide bonds. The zero-order valence-corrected chi connectivity index (χ0v) is 17.1. The van der Waals surface area contributed by atoms with Crippen LogP contribution in [0.4, 0.5) is 5.69 Å². The maximum absolute atomic E-state index is 13.0. The number of aromatic nitrogens is 2. The molecule has 0 spiro atoms. The minimum atomic E-state index is -1.03. The number of rotatable bonds is 9. The largest absolute Gasteiger partial charge is 0.480 e. The summed E-state index contributed by atoms with van der Waals surface area (Å²) in [5, 5.41) is 15.4. The first-order valence-electron chi connectivity index (χ1n) is 9.89. The van der Waals surface area contributed by atoms with Crippen molar-refractivity contribution < 1.29 is 14.7 Å². The van der Waals surface area contributed by atoms with Crippen molar-refractivity contribution in [3.05, 3.63) is 72.3 Å². The van der Waals surface area contributed by atoms with Gasteiger partial charge < -0.3 is 20.7 Å². The van der Waals surface area contributed by atoms with Gasteiger partial charge in [0.1, 0.15) is 11.9 Å². The van der Waals surface area contributed by atoms with Gasteiger partial charge in [0.05, 0.1) is 6.54 Å². The number of amides is 1. The van der Waals surface area contributed by atoms with Crippen LogP contribution in [0, 0.1) is 5.92 Å². The van der Waals surface area contributed by atoms with Crippen molar-refractivity contribution in [2.24, 2.45) is 5.92 Å². The van der Waals surface area contributed by atoms with Crippen LogP contribution in [0.25, 0.3) is 11.1 Å². The lowest BCUT2D eigenvalue weighted by Crippen LogP contribution is -2.41. The van der Waals surface area contributed by atoms with Gasteiger partial charge in [0, 0.05) is 23.6 Å². The summed E-state index contributed by atoms with van der Waals surface area (Å²) in [6.07, 6.45) is 3.82. The number of carboxylic acids is 1. The maximum Gasteiger partial charge on any atom is 0.326 e. The number of nitrogens with one attached hydrogen (secondary N) is 3. The fraction of sp³-hybridized carbons (Fsp3) is 0.261. The molecule has 0 aliphatic rings. The highest BCUT2D eigenvalue weighted by atomic mass is 16.4. The summed E-state index contributed by atoms with van der Waals surface area (Å²) >= 11 is 0. The number of anilines is 1. The molecule has 1 atom stereocenters. The van der Waals surface area contributed by atoms with E-state index in [4.69, 9.17) is 0 Å². The fourth-order valence-electron chi connectivity index (χ4n) is 3.22. The van der Waals surface area contributed by atoms with Crippen LogP contribution in [0.15, 0.2) is 60.9 Å². The molecule has 0 aliphatic heterocycles. The predicted octanol–water partition coefficient (Wildman–Crippen LogP) is 3.92. The van der Waals surface area contributed by atoms with Crippen molar-refractivity contribution in [1.82, 2.24) is 15.3 Å². The van der Waals surface area contributed by atoms with E-state index in [9.17, 15) is 14.7 Å². The minimum absolute atomic E-state index is 0.146. The Hall–Kier alpha value is -3.61. The van der Waals surface area contributed by atoms with E-state index in [2.05, 4.69) is 20.6 Å². The van der Waals surface area contributed by atoms with Crippen molar-refractivity contribution in [2.75, 3.05) is 5.32 Å². The molecule has 0 aliphatic carbocycles. The molecule has 1 aromatic heterocycles. The first-order valence-corrected chi connectivity index (χ1v) is 9.89. The Kier molecular flexibility index (Phi) is 6.85. The van der Waals surface area contributed by atoms with Crippen molar-refractivity contribution in [2.45, 2.75) is 32.9 Å². The maximum atomic E-state index is 13.0. The van der Waals surface area contributed by atoms with Gasteiger partial charge in [-0.1, -0.05) is 44.2 Å². The van der Waals surface area contributed by atoms with Gasteiger partial charge in [0.2, 0.25) is 0 Å². The lowest BCUT2D eigenvalue weighted by molar-refractivity contribution is -0.139. The quantitative estimate of drug-likeness (QED) is 0.431. The Balaban J connectivity index is 1.88. The van der Waals surface area contributed by atoms with Gasteiger partial charge >= 0.3 is 5.97 Å². The van der Waals surface area contributed by atoms with E-state index >= 15 is 0 Å². The van der Waals surface area contributed by atoms with Crippen LogP contribution >= 0.6 is 0 Å². The number of hydrogen-bond donors (Lipinski definition) is 4. The van der Waals surface area contributed by atoms with Crippen LogP contribution in [0.3, 0.4) is 0 Å². The number of carbonyl (C=O) groups is 2. The molecule has 156 valence electrons. The number of aromatic amines is 1. The van der Waals surface area contributed by atoms with Crippen molar-refractivity contribution >= 4 is 17.6 Å². The SMILES string of the molecule is CC(C)C[C@H](NC(=O)c1ccc(NCc2ncc[nH]2)cc1-c1ccccc1)C(=O)O. The normalized spacial score (nSPS) is 11.8. The highest BCUT2D eigenvalue weighted by molar-refractivity contribution is 6.03. The number of hydrogen-bond acceptors (Lipinski definition) is 4. The van der Waals surface area contributed by atoms with Gasteiger partial charge in [-0.3, -0.25) is 4.79 Å². The van der Waals surface area contributed by atoms with Crippen LogP contribution in [0.5, 0.6) is 0 Å². The van der Waals surface area contributed by atoms with Crippen LogP contribution in [-0.2, 0) is 11.3 Å². The van der Waals surface area contributed by atoms with Gasteiger partial charge in [-0.25, -0.2) is 9.78 Å². The lowest BCUT2D eigenvalue weighted by Gasteiger charge is -2.18. The molecule has 0 radical (unpaired) electrons. The van der Waals surface area contributed by atoms with E-state index in [1.54, 1.807) is 18.5 Å². The summed E-state index contributed by atoms with van der Waals surface area (Å²) in [6.45, 7) is 4.37. The second kappa shape index (κ2) is 9.73. The fourth-order valence-corrected chi connectivity index (χ4v) is 3.22. The lowest BCUT2D eigenvalue weighted by atomic mass is 9.97. The summed E-state index contributed by atoms with van der Waals surface area (Å²) in [6, 6.07) is 14.0. The number of aliphatic carboxylic acids is 1. The van der Waals surface area contributed by atoms with E-state index in [1.807, 2.05) is 56.3 Å². The average Bonchev–Trinajstić information content (AvgIpc) is 3.25. The number of carboxylic acid groups (broad SMARTS) is 1. The zero-order valence-electron chi connectivity index (χ0n) is 17.1. The molecule has 0 fully saturated rings. The van der Waals surface area contributed by atoms with E-state index in [0.29, 0.717) is 18.5 Å². The molecule has 1 heterocycles. The molecular weight excluding hydrogens is 380 g/mol. The van der Waals surface area contributed by atoms with E-state index in [-0.39, 0.29) is 5.92 Å². The minimum Gasteiger partial charge on any atom is -0.480 e. The Bertz CT molecular complexity index is 985. The summed E-state index contributed by atoms with van der Waals surface area (Å²) in [5.41, 5.74) is 2.87. The number of carbonyl (C=O) groups excluding carboxylic acids is 1. The van der Waals surface area contributed by atoms with Gasteiger partial charge in [0.25, 0.3) is 5.91 Å². The smallest absolute Gasteiger partial charge is 0.326 e.